The molecular weight excluding hydrogens is 388 g/mol. The molecule has 0 bridgehead atoms. The van der Waals surface area contributed by atoms with Gasteiger partial charge in [0.2, 0.25) is 5.91 Å². The van der Waals surface area contributed by atoms with Gasteiger partial charge in [-0.1, -0.05) is 20.8 Å². The van der Waals surface area contributed by atoms with Crippen LogP contribution in [-0.2, 0) is 16.1 Å². The van der Waals surface area contributed by atoms with Crippen LogP contribution in [-0.4, -0.2) is 63.8 Å². The quantitative estimate of drug-likeness (QED) is 0.755. The van der Waals surface area contributed by atoms with E-state index in [0.29, 0.717) is 25.3 Å². The maximum absolute atomic E-state index is 13.3. The summed E-state index contributed by atoms with van der Waals surface area (Å²) in [6, 6.07) is 3.95. The number of ether oxygens (including phenoxy) is 1. The van der Waals surface area contributed by atoms with Crippen LogP contribution in [0.25, 0.3) is 10.2 Å². The zero-order chi connectivity index (χ0) is 20.9. The van der Waals surface area contributed by atoms with Gasteiger partial charge in [-0.15, -0.1) is 11.3 Å². The molecule has 0 radical (unpaired) electrons. The molecule has 0 saturated carbocycles. The Morgan fingerprint density at radius 3 is 2.62 bits per heavy atom. The summed E-state index contributed by atoms with van der Waals surface area (Å²) in [5.74, 6) is -0.325. The molecule has 1 fully saturated rings. The van der Waals surface area contributed by atoms with Gasteiger partial charge in [0.1, 0.15) is 12.2 Å². The van der Waals surface area contributed by atoms with E-state index in [0.717, 1.165) is 15.9 Å². The lowest BCUT2D eigenvalue weighted by Gasteiger charge is -2.36. The molecule has 4 heterocycles. The molecule has 0 N–H and O–H groups in total. The van der Waals surface area contributed by atoms with Gasteiger partial charge in [0.05, 0.1) is 34.7 Å². The Hall–Kier alpha value is -2.19. The summed E-state index contributed by atoms with van der Waals surface area (Å²) in [4.78, 5) is 28.1. The molecule has 1 saturated heterocycles. The third-order valence-corrected chi connectivity index (χ3v) is 6.30. The molecule has 2 atom stereocenters. The molecule has 0 unspecified atom stereocenters. The zero-order valence-electron chi connectivity index (χ0n) is 17.6. The summed E-state index contributed by atoms with van der Waals surface area (Å²) in [6.07, 6.45) is -0.0274. The van der Waals surface area contributed by atoms with Gasteiger partial charge in [0.15, 0.2) is 0 Å². The van der Waals surface area contributed by atoms with Crippen molar-refractivity contribution in [3.63, 3.8) is 0 Å². The van der Waals surface area contributed by atoms with Crippen LogP contribution in [0.1, 0.15) is 45.1 Å². The van der Waals surface area contributed by atoms with Crippen LogP contribution in [0.2, 0.25) is 0 Å². The van der Waals surface area contributed by atoms with Crippen molar-refractivity contribution >= 4 is 39.1 Å². The zero-order valence-corrected chi connectivity index (χ0v) is 18.5. The molecule has 7 nitrogen and oxygen atoms in total. The highest BCUT2D eigenvalue weighted by Gasteiger charge is 2.33. The number of carbonyl (C=O) groups excluding carboxylic acids is 2. The third kappa shape index (κ3) is 3.83. The Balaban J connectivity index is 1.67. The molecule has 2 aliphatic rings. The minimum atomic E-state index is -0.227. The molecule has 156 valence electrons. The summed E-state index contributed by atoms with van der Waals surface area (Å²) >= 11 is 1.62. The van der Waals surface area contributed by atoms with E-state index < -0.39 is 0 Å². The standard InChI is InChI=1S/C21H28N4O3S/c1-13-9-23(10-14(2)28-13)19(26)12-25-20(27)16-8-17-15(6-7-29-17)24(16)11-18(22-25)21(3,4)5/h6-8,13-14H,9-12H2,1-5H3/t13-,14-/m0/s1. The Morgan fingerprint density at radius 1 is 1.28 bits per heavy atom. The fourth-order valence-corrected chi connectivity index (χ4v) is 4.76. The second-order valence-electron chi connectivity index (χ2n) is 9.00. The Labute approximate surface area is 174 Å². The first-order chi connectivity index (χ1) is 13.6. The van der Waals surface area contributed by atoms with Crippen LogP contribution < -0.4 is 0 Å². The predicted molar refractivity (Wildman–Crippen MR) is 114 cm³/mol. The van der Waals surface area contributed by atoms with Gasteiger partial charge in [0.25, 0.3) is 5.91 Å². The number of carbonyl (C=O) groups is 2. The summed E-state index contributed by atoms with van der Waals surface area (Å²) in [7, 11) is 0. The van der Waals surface area contributed by atoms with Crippen LogP contribution in [0, 0.1) is 5.41 Å². The van der Waals surface area contributed by atoms with Crippen LogP contribution >= 0.6 is 11.3 Å². The highest BCUT2D eigenvalue weighted by atomic mass is 32.1. The van der Waals surface area contributed by atoms with E-state index in [1.165, 1.54) is 5.01 Å². The lowest BCUT2D eigenvalue weighted by Crippen LogP contribution is -2.51. The second kappa shape index (κ2) is 7.25. The maximum Gasteiger partial charge on any atom is 0.291 e. The number of amides is 2. The number of hydrazone groups is 1. The molecule has 29 heavy (non-hydrogen) atoms. The van der Waals surface area contributed by atoms with E-state index in [1.807, 2.05) is 35.9 Å². The highest BCUT2D eigenvalue weighted by molar-refractivity contribution is 7.17. The van der Waals surface area contributed by atoms with Gasteiger partial charge in [-0.25, -0.2) is 5.01 Å². The molecule has 2 aromatic rings. The van der Waals surface area contributed by atoms with Crippen LogP contribution in [0.3, 0.4) is 0 Å². The van der Waals surface area contributed by atoms with E-state index in [-0.39, 0.29) is 36.0 Å². The van der Waals surface area contributed by atoms with Crippen LogP contribution in [0.15, 0.2) is 22.6 Å². The van der Waals surface area contributed by atoms with Gasteiger partial charge in [-0.3, -0.25) is 9.59 Å². The number of hydrogen-bond acceptors (Lipinski definition) is 5. The highest BCUT2D eigenvalue weighted by Crippen LogP contribution is 2.30. The number of thiophene rings is 1. The normalized spacial score (nSPS) is 23.2. The van der Waals surface area contributed by atoms with Crippen molar-refractivity contribution in [2.75, 3.05) is 19.6 Å². The molecule has 8 heteroatoms. The minimum absolute atomic E-state index is 0.0137. The Bertz CT molecular complexity index is 974. The van der Waals surface area contributed by atoms with E-state index in [9.17, 15) is 9.59 Å². The van der Waals surface area contributed by atoms with Gasteiger partial charge < -0.3 is 14.2 Å². The molecule has 2 amide bonds. The van der Waals surface area contributed by atoms with Crippen LogP contribution in [0.4, 0.5) is 0 Å². The Morgan fingerprint density at radius 2 is 1.97 bits per heavy atom. The summed E-state index contributed by atoms with van der Waals surface area (Å²) in [5.41, 5.74) is 2.29. The van der Waals surface area contributed by atoms with Gasteiger partial charge in [0, 0.05) is 18.5 Å². The number of rotatable bonds is 2. The smallest absolute Gasteiger partial charge is 0.291 e. The predicted octanol–water partition coefficient (Wildman–Crippen LogP) is 3.20. The van der Waals surface area contributed by atoms with Gasteiger partial charge in [-0.2, -0.15) is 5.10 Å². The third-order valence-electron chi connectivity index (χ3n) is 5.45. The number of morpholine rings is 1. The van der Waals surface area contributed by atoms with Crippen LogP contribution in [0.5, 0.6) is 0 Å². The van der Waals surface area contributed by atoms with Crippen molar-refractivity contribution in [2.45, 2.75) is 53.4 Å². The maximum atomic E-state index is 13.3. The summed E-state index contributed by atoms with van der Waals surface area (Å²) in [5, 5.41) is 8.07. The van der Waals surface area contributed by atoms with Crippen molar-refractivity contribution in [3.05, 3.63) is 23.2 Å². The first kappa shape index (κ1) is 20.1. The molecule has 0 aliphatic carbocycles. The molecule has 0 aromatic carbocycles. The summed E-state index contributed by atoms with van der Waals surface area (Å²) < 4.78 is 8.83. The fraction of sp³-hybridized carbons (Fsp3) is 0.571. The first-order valence-electron chi connectivity index (χ1n) is 10.0. The lowest BCUT2D eigenvalue weighted by molar-refractivity contribution is -0.143. The average molecular weight is 417 g/mol. The van der Waals surface area contributed by atoms with E-state index in [4.69, 9.17) is 4.74 Å². The van der Waals surface area contributed by atoms with E-state index in [2.05, 4.69) is 25.9 Å². The number of nitrogens with zero attached hydrogens (tertiary/aromatic N) is 4. The first-order valence-corrected chi connectivity index (χ1v) is 10.9. The van der Waals surface area contributed by atoms with E-state index >= 15 is 0 Å². The summed E-state index contributed by atoms with van der Waals surface area (Å²) in [6.45, 7) is 11.7. The van der Waals surface area contributed by atoms with Crippen molar-refractivity contribution in [1.82, 2.24) is 14.5 Å². The fourth-order valence-electron chi connectivity index (χ4n) is 3.93. The largest absolute Gasteiger partial charge is 0.372 e. The van der Waals surface area contributed by atoms with Gasteiger partial charge >= 0.3 is 0 Å². The number of hydrogen-bond donors (Lipinski definition) is 0. The van der Waals surface area contributed by atoms with Crippen molar-refractivity contribution in [2.24, 2.45) is 10.5 Å². The molecule has 4 rings (SSSR count). The van der Waals surface area contributed by atoms with Gasteiger partial charge in [-0.05, 0) is 31.4 Å². The minimum Gasteiger partial charge on any atom is -0.372 e. The number of fused-ring (bicyclic) bond motifs is 3. The number of aromatic nitrogens is 1. The Kier molecular flexibility index (Phi) is 5.02. The van der Waals surface area contributed by atoms with Crippen molar-refractivity contribution < 1.29 is 14.3 Å². The second-order valence-corrected chi connectivity index (χ2v) is 9.95. The lowest BCUT2D eigenvalue weighted by atomic mass is 9.90. The topological polar surface area (TPSA) is 67.1 Å². The molecule has 0 spiro atoms. The monoisotopic (exact) mass is 416 g/mol. The van der Waals surface area contributed by atoms with Crippen molar-refractivity contribution in [1.29, 1.82) is 0 Å². The SMILES string of the molecule is C[C@H]1CN(C(=O)CN2N=C(C(C)(C)C)Cn3c(cc4sccc43)C2=O)C[C@H](C)O1. The van der Waals surface area contributed by atoms with E-state index in [1.54, 1.807) is 16.2 Å². The molecule has 2 aliphatic heterocycles. The molecular formula is C21H28N4O3S. The van der Waals surface area contributed by atoms with Crippen molar-refractivity contribution in [3.8, 4) is 0 Å². The average Bonchev–Trinajstić information content (AvgIpc) is 3.16. The molecule has 2 aromatic heterocycles.